The minimum Gasteiger partial charge on any atom is -0.379 e. The molecule has 6 nitrogen and oxygen atoms in total. The Morgan fingerprint density at radius 3 is 3.00 bits per heavy atom. The van der Waals surface area contributed by atoms with Crippen molar-refractivity contribution in [1.29, 1.82) is 0 Å². The molecule has 0 unspecified atom stereocenters. The maximum Gasteiger partial charge on any atom is 0.223 e. The van der Waals surface area contributed by atoms with E-state index in [0.717, 1.165) is 30.0 Å². The average molecular weight is 271 g/mol. The van der Waals surface area contributed by atoms with E-state index in [0.29, 0.717) is 6.54 Å². The molecule has 3 rings (SSSR count). The van der Waals surface area contributed by atoms with E-state index in [-0.39, 0.29) is 5.91 Å². The van der Waals surface area contributed by atoms with Crippen molar-refractivity contribution in [2.75, 3.05) is 16.8 Å². The third kappa shape index (κ3) is 2.24. The Labute approximate surface area is 117 Å². The second-order valence-corrected chi connectivity index (χ2v) is 4.97. The summed E-state index contributed by atoms with van der Waals surface area (Å²) in [5.41, 5.74) is 4.32. The second-order valence-electron chi connectivity index (χ2n) is 4.97. The largest absolute Gasteiger partial charge is 0.379 e. The predicted octanol–water partition coefficient (Wildman–Crippen LogP) is 1.34. The number of hydrogen-bond donors (Lipinski definition) is 1. The minimum absolute atomic E-state index is 0.102. The molecule has 0 saturated heterocycles. The van der Waals surface area contributed by atoms with Gasteiger partial charge in [0, 0.05) is 31.9 Å². The zero-order valence-electron chi connectivity index (χ0n) is 11.6. The van der Waals surface area contributed by atoms with Gasteiger partial charge in [-0.1, -0.05) is 5.21 Å². The van der Waals surface area contributed by atoms with Crippen molar-refractivity contribution < 1.29 is 4.79 Å². The van der Waals surface area contributed by atoms with Gasteiger partial charge < -0.3 is 10.2 Å². The first-order valence-corrected chi connectivity index (χ1v) is 6.63. The van der Waals surface area contributed by atoms with Gasteiger partial charge in [-0.05, 0) is 30.2 Å². The number of hydrogen-bond acceptors (Lipinski definition) is 4. The van der Waals surface area contributed by atoms with Gasteiger partial charge in [0.15, 0.2) is 0 Å². The molecule has 0 atom stereocenters. The predicted molar refractivity (Wildman–Crippen MR) is 76.5 cm³/mol. The van der Waals surface area contributed by atoms with Gasteiger partial charge in [-0.2, -0.15) is 0 Å². The Kier molecular flexibility index (Phi) is 3.14. The normalized spacial score (nSPS) is 13.4. The van der Waals surface area contributed by atoms with E-state index in [9.17, 15) is 4.79 Å². The molecule has 0 saturated carbocycles. The average Bonchev–Trinajstić information content (AvgIpc) is 3.02. The molecule has 104 valence electrons. The zero-order valence-corrected chi connectivity index (χ0v) is 11.6. The maximum absolute atomic E-state index is 11.5. The van der Waals surface area contributed by atoms with Crippen molar-refractivity contribution >= 4 is 17.3 Å². The summed E-state index contributed by atoms with van der Waals surface area (Å²) in [7, 11) is 1.87. The third-order valence-corrected chi connectivity index (χ3v) is 3.64. The minimum atomic E-state index is 0.102. The van der Waals surface area contributed by atoms with Crippen molar-refractivity contribution in [2.24, 2.45) is 7.05 Å². The molecule has 1 aliphatic heterocycles. The first-order chi connectivity index (χ1) is 9.65. The zero-order chi connectivity index (χ0) is 14.1. The van der Waals surface area contributed by atoms with E-state index in [1.165, 1.54) is 5.56 Å². The fraction of sp³-hybridized carbons (Fsp3) is 0.357. The van der Waals surface area contributed by atoms with Crippen LogP contribution in [0.25, 0.3) is 0 Å². The van der Waals surface area contributed by atoms with Crippen LogP contribution in [0, 0.1) is 0 Å². The molecule has 1 amide bonds. The van der Waals surface area contributed by atoms with E-state index in [1.54, 1.807) is 17.8 Å². The lowest BCUT2D eigenvalue weighted by atomic mass is 10.1. The van der Waals surface area contributed by atoms with Crippen LogP contribution in [0.1, 0.15) is 18.2 Å². The molecule has 6 heteroatoms. The second kappa shape index (κ2) is 4.96. The van der Waals surface area contributed by atoms with Crippen LogP contribution >= 0.6 is 0 Å². The lowest BCUT2D eigenvalue weighted by molar-refractivity contribution is -0.116. The molecule has 0 aliphatic carbocycles. The van der Waals surface area contributed by atoms with Crippen LogP contribution in [0.5, 0.6) is 0 Å². The molecule has 1 aromatic carbocycles. The Morgan fingerprint density at radius 2 is 2.30 bits per heavy atom. The Balaban J connectivity index is 1.74. The lowest BCUT2D eigenvalue weighted by Crippen LogP contribution is -2.25. The summed E-state index contributed by atoms with van der Waals surface area (Å²) in [4.78, 5) is 13.3. The summed E-state index contributed by atoms with van der Waals surface area (Å²) in [5, 5.41) is 11.1. The van der Waals surface area contributed by atoms with E-state index in [1.807, 2.05) is 24.1 Å². The summed E-state index contributed by atoms with van der Waals surface area (Å²) in [6, 6.07) is 6.12. The molecule has 1 aliphatic rings. The summed E-state index contributed by atoms with van der Waals surface area (Å²) in [6.45, 7) is 3.06. The number of carbonyl (C=O) groups excluding carboxylic acids is 1. The fourth-order valence-corrected chi connectivity index (χ4v) is 2.50. The fourth-order valence-electron chi connectivity index (χ4n) is 2.50. The van der Waals surface area contributed by atoms with Crippen molar-refractivity contribution in [3.8, 4) is 0 Å². The highest BCUT2D eigenvalue weighted by molar-refractivity contribution is 5.94. The van der Waals surface area contributed by atoms with E-state index < -0.39 is 0 Å². The van der Waals surface area contributed by atoms with Crippen molar-refractivity contribution in [3.05, 3.63) is 35.7 Å². The molecule has 0 fully saturated rings. The highest BCUT2D eigenvalue weighted by atomic mass is 16.2. The molecular formula is C14H17N5O. The van der Waals surface area contributed by atoms with Gasteiger partial charge in [-0.15, -0.1) is 5.10 Å². The standard InChI is InChI=1S/C14H17N5O/c1-10(20)19-6-5-11-7-12(3-4-14(11)19)15-8-13-9-16-17-18(13)2/h3-4,7,9,15H,5-6,8H2,1-2H3. The summed E-state index contributed by atoms with van der Waals surface area (Å²) in [5.74, 6) is 0.102. The molecule has 0 bridgehead atoms. The number of carbonyl (C=O) groups is 1. The number of fused-ring (bicyclic) bond motifs is 1. The molecular weight excluding hydrogens is 254 g/mol. The third-order valence-electron chi connectivity index (χ3n) is 3.64. The van der Waals surface area contributed by atoms with Crippen LogP contribution in [0.3, 0.4) is 0 Å². The maximum atomic E-state index is 11.5. The van der Waals surface area contributed by atoms with Gasteiger partial charge in [0.2, 0.25) is 5.91 Å². The van der Waals surface area contributed by atoms with Crippen LogP contribution in [0.2, 0.25) is 0 Å². The SMILES string of the molecule is CC(=O)N1CCc2cc(NCc3cnnn3C)ccc21. The molecule has 2 aromatic rings. The Morgan fingerprint density at radius 1 is 1.45 bits per heavy atom. The van der Waals surface area contributed by atoms with Crippen LogP contribution in [-0.4, -0.2) is 27.4 Å². The topological polar surface area (TPSA) is 63.1 Å². The van der Waals surface area contributed by atoms with Gasteiger partial charge in [-0.3, -0.25) is 9.48 Å². The molecule has 1 N–H and O–H groups in total. The summed E-state index contributed by atoms with van der Waals surface area (Å²) < 4.78 is 1.75. The number of anilines is 2. The van der Waals surface area contributed by atoms with Crippen molar-refractivity contribution in [2.45, 2.75) is 19.9 Å². The van der Waals surface area contributed by atoms with Crippen LogP contribution in [0.4, 0.5) is 11.4 Å². The Hall–Kier alpha value is -2.37. The number of nitrogens with one attached hydrogen (secondary N) is 1. The first-order valence-electron chi connectivity index (χ1n) is 6.63. The first kappa shape index (κ1) is 12.7. The van der Waals surface area contributed by atoms with Gasteiger partial charge in [-0.25, -0.2) is 0 Å². The van der Waals surface area contributed by atoms with E-state index in [4.69, 9.17) is 0 Å². The number of benzene rings is 1. The number of aryl methyl sites for hydroxylation is 1. The molecule has 1 aromatic heterocycles. The van der Waals surface area contributed by atoms with Gasteiger partial charge in [0.05, 0.1) is 18.4 Å². The smallest absolute Gasteiger partial charge is 0.223 e. The number of aromatic nitrogens is 3. The quantitative estimate of drug-likeness (QED) is 0.915. The highest BCUT2D eigenvalue weighted by Crippen LogP contribution is 2.30. The van der Waals surface area contributed by atoms with E-state index in [2.05, 4.69) is 21.7 Å². The lowest BCUT2D eigenvalue weighted by Gasteiger charge is -2.15. The van der Waals surface area contributed by atoms with Gasteiger partial charge in [0.1, 0.15) is 0 Å². The van der Waals surface area contributed by atoms with Crippen LogP contribution < -0.4 is 10.2 Å². The van der Waals surface area contributed by atoms with Crippen LogP contribution in [-0.2, 0) is 24.8 Å². The van der Waals surface area contributed by atoms with Crippen LogP contribution in [0.15, 0.2) is 24.4 Å². The Bertz CT molecular complexity index is 649. The summed E-state index contributed by atoms with van der Waals surface area (Å²) >= 11 is 0. The van der Waals surface area contributed by atoms with Gasteiger partial charge >= 0.3 is 0 Å². The number of rotatable bonds is 3. The molecule has 2 heterocycles. The number of nitrogens with zero attached hydrogens (tertiary/aromatic N) is 4. The molecule has 20 heavy (non-hydrogen) atoms. The van der Waals surface area contributed by atoms with Crippen molar-refractivity contribution in [1.82, 2.24) is 15.0 Å². The summed E-state index contributed by atoms with van der Waals surface area (Å²) in [6.07, 6.45) is 2.66. The van der Waals surface area contributed by atoms with Gasteiger partial charge in [0.25, 0.3) is 0 Å². The highest BCUT2D eigenvalue weighted by Gasteiger charge is 2.21. The monoisotopic (exact) mass is 271 g/mol. The van der Waals surface area contributed by atoms with E-state index >= 15 is 0 Å². The number of amides is 1. The molecule has 0 spiro atoms. The molecule has 0 radical (unpaired) electrons. The van der Waals surface area contributed by atoms with Crippen molar-refractivity contribution in [3.63, 3.8) is 0 Å².